The summed E-state index contributed by atoms with van der Waals surface area (Å²) in [7, 11) is 2.93. The average molecular weight is 402 g/mol. The highest BCUT2D eigenvalue weighted by atomic mass is 16.5. The van der Waals surface area contributed by atoms with E-state index in [4.69, 9.17) is 9.47 Å². The number of nitrogens with one attached hydrogen (secondary N) is 1. The van der Waals surface area contributed by atoms with E-state index in [-0.39, 0.29) is 11.3 Å². The molecular weight excluding hydrogens is 376 g/mol. The van der Waals surface area contributed by atoms with Crippen molar-refractivity contribution in [2.75, 3.05) is 40.4 Å². The third-order valence-electron chi connectivity index (χ3n) is 4.96. The lowest BCUT2D eigenvalue weighted by Crippen LogP contribution is -2.32. The van der Waals surface area contributed by atoms with E-state index in [9.17, 15) is 14.7 Å². The number of benzene rings is 1. The first kappa shape index (κ1) is 20.7. The molecular formula is C20H26N4O5. The molecule has 1 aliphatic heterocycles. The first-order valence-corrected chi connectivity index (χ1v) is 9.58. The van der Waals surface area contributed by atoms with Gasteiger partial charge in [0.2, 0.25) is 5.88 Å². The van der Waals surface area contributed by atoms with Crippen molar-refractivity contribution in [2.24, 2.45) is 4.99 Å². The summed E-state index contributed by atoms with van der Waals surface area (Å²) in [4.78, 5) is 33.5. The van der Waals surface area contributed by atoms with Crippen LogP contribution in [0, 0.1) is 0 Å². The number of aromatic amines is 1. The minimum Gasteiger partial charge on any atom is -0.497 e. The Bertz CT molecular complexity index is 989. The van der Waals surface area contributed by atoms with Gasteiger partial charge in [0.1, 0.15) is 17.1 Å². The fraction of sp³-hybridized carbons (Fsp3) is 0.450. The molecule has 3 rings (SSSR count). The smallest absolute Gasteiger partial charge is 0.335 e. The fourth-order valence-corrected chi connectivity index (χ4v) is 3.39. The predicted molar refractivity (Wildman–Crippen MR) is 110 cm³/mol. The van der Waals surface area contributed by atoms with Crippen LogP contribution in [0.3, 0.4) is 0 Å². The van der Waals surface area contributed by atoms with E-state index in [1.54, 1.807) is 12.1 Å². The highest BCUT2D eigenvalue weighted by Gasteiger charge is 2.18. The molecule has 1 aromatic heterocycles. The molecule has 0 unspecified atom stereocenters. The number of ether oxygens (including phenoxy) is 2. The summed E-state index contributed by atoms with van der Waals surface area (Å²) in [5.74, 6) is 0.297. The topological polar surface area (TPSA) is 109 Å². The van der Waals surface area contributed by atoms with Crippen molar-refractivity contribution in [3.8, 4) is 23.1 Å². The summed E-state index contributed by atoms with van der Waals surface area (Å²) < 4.78 is 11.4. The second-order valence-electron chi connectivity index (χ2n) is 6.81. The van der Waals surface area contributed by atoms with Gasteiger partial charge in [-0.1, -0.05) is 6.42 Å². The summed E-state index contributed by atoms with van der Waals surface area (Å²) in [5, 5.41) is 10.7. The maximum Gasteiger partial charge on any atom is 0.335 e. The zero-order chi connectivity index (χ0) is 20.8. The van der Waals surface area contributed by atoms with Crippen molar-refractivity contribution >= 4 is 6.21 Å². The Morgan fingerprint density at radius 3 is 2.62 bits per heavy atom. The first-order valence-electron chi connectivity index (χ1n) is 9.58. The Labute approximate surface area is 168 Å². The summed E-state index contributed by atoms with van der Waals surface area (Å²) in [6.07, 6.45) is 4.95. The lowest BCUT2D eigenvalue weighted by Gasteiger charge is -2.25. The molecule has 0 radical (unpaired) electrons. The molecule has 0 saturated carbocycles. The van der Waals surface area contributed by atoms with E-state index >= 15 is 0 Å². The number of nitrogens with zero attached hydrogens (tertiary/aromatic N) is 3. The van der Waals surface area contributed by atoms with E-state index in [0.29, 0.717) is 18.0 Å². The van der Waals surface area contributed by atoms with Crippen LogP contribution < -0.4 is 20.7 Å². The number of aliphatic imine (C=N–C) groups is 1. The molecule has 2 N–H and O–H groups in total. The molecule has 0 aliphatic carbocycles. The predicted octanol–water partition coefficient (Wildman–Crippen LogP) is 1.15. The third kappa shape index (κ3) is 4.68. The van der Waals surface area contributed by atoms with Gasteiger partial charge in [0, 0.05) is 18.8 Å². The van der Waals surface area contributed by atoms with Crippen LogP contribution >= 0.6 is 0 Å². The van der Waals surface area contributed by atoms with Crippen molar-refractivity contribution < 1.29 is 14.6 Å². The molecule has 1 aromatic carbocycles. The summed E-state index contributed by atoms with van der Waals surface area (Å²) >= 11 is 0. The quantitative estimate of drug-likeness (QED) is 0.673. The molecule has 1 saturated heterocycles. The maximum absolute atomic E-state index is 12.4. The number of rotatable bonds is 7. The molecule has 0 atom stereocenters. The Hall–Kier alpha value is -3.07. The number of aromatic hydroxyl groups is 1. The van der Waals surface area contributed by atoms with Crippen LogP contribution in [-0.2, 0) is 0 Å². The van der Waals surface area contributed by atoms with Gasteiger partial charge in [-0.25, -0.2) is 9.36 Å². The molecule has 0 spiro atoms. The van der Waals surface area contributed by atoms with Crippen LogP contribution in [-0.4, -0.2) is 66.2 Å². The number of hydrogen-bond acceptors (Lipinski definition) is 7. The molecule has 9 nitrogen and oxygen atoms in total. The minimum atomic E-state index is -0.787. The van der Waals surface area contributed by atoms with Crippen LogP contribution in [0.4, 0.5) is 0 Å². The van der Waals surface area contributed by atoms with Crippen LogP contribution in [0.1, 0.15) is 24.8 Å². The van der Waals surface area contributed by atoms with Gasteiger partial charge in [-0.2, -0.15) is 0 Å². The number of H-pyrrole nitrogens is 1. The Balaban J connectivity index is 1.92. The molecule has 0 amide bonds. The number of methoxy groups -OCH3 is 2. The fourth-order valence-electron chi connectivity index (χ4n) is 3.39. The highest BCUT2D eigenvalue weighted by molar-refractivity contribution is 5.82. The van der Waals surface area contributed by atoms with Crippen molar-refractivity contribution in [2.45, 2.75) is 19.3 Å². The summed E-state index contributed by atoms with van der Waals surface area (Å²) in [5.41, 5.74) is -1.33. The molecule has 1 aliphatic rings. The molecule has 156 valence electrons. The number of piperidine rings is 1. The zero-order valence-corrected chi connectivity index (χ0v) is 16.7. The zero-order valence-electron chi connectivity index (χ0n) is 16.7. The van der Waals surface area contributed by atoms with Crippen molar-refractivity contribution in [1.82, 2.24) is 14.5 Å². The van der Waals surface area contributed by atoms with Gasteiger partial charge >= 0.3 is 5.69 Å². The third-order valence-corrected chi connectivity index (χ3v) is 4.96. The monoisotopic (exact) mass is 402 g/mol. The van der Waals surface area contributed by atoms with Gasteiger partial charge in [0.15, 0.2) is 0 Å². The van der Waals surface area contributed by atoms with Crippen LogP contribution in [0.25, 0.3) is 5.69 Å². The maximum atomic E-state index is 12.4. The second kappa shape index (κ2) is 9.42. The van der Waals surface area contributed by atoms with Crippen molar-refractivity contribution in [1.29, 1.82) is 0 Å². The van der Waals surface area contributed by atoms with Gasteiger partial charge in [0.05, 0.1) is 26.5 Å². The van der Waals surface area contributed by atoms with Gasteiger partial charge in [0.25, 0.3) is 5.56 Å². The number of likely N-dealkylation sites (tertiary alicyclic amines) is 1. The molecule has 9 heteroatoms. The van der Waals surface area contributed by atoms with E-state index in [2.05, 4.69) is 14.9 Å². The Kier molecular flexibility index (Phi) is 6.71. The van der Waals surface area contributed by atoms with E-state index < -0.39 is 17.1 Å². The van der Waals surface area contributed by atoms with E-state index in [1.165, 1.54) is 45.8 Å². The second-order valence-corrected chi connectivity index (χ2v) is 6.81. The van der Waals surface area contributed by atoms with Crippen molar-refractivity contribution in [3.05, 3.63) is 44.6 Å². The van der Waals surface area contributed by atoms with Gasteiger partial charge in [-0.3, -0.25) is 14.8 Å². The Morgan fingerprint density at radius 1 is 1.17 bits per heavy atom. The Morgan fingerprint density at radius 2 is 1.93 bits per heavy atom. The molecule has 2 heterocycles. The number of aromatic nitrogens is 2. The van der Waals surface area contributed by atoms with Crippen LogP contribution in [0.5, 0.6) is 17.4 Å². The lowest BCUT2D eigenvalue weighted by atomic mass is 10.1. The van der Waals surface area contributed by atoms with Gasteiger partial charge < -0.3 is 19.5 Å². The minimum absolute atomic E-state index is 0.0897. The summed E-state index contributed by atoms with van der Waals surface area (Å²) in [6.45, 7) is 3.41. The average Bonchev–Trinajstić information content (AvgIpc) is 2.73. The molecule has 29 heavy (non-hydrogen) atoms. The number of hydrogen-bond donors (Lipinski definition) is 2. The normalized spacial score (nSPS) is 15.0. The van der Waals surface area contributed by atoms with Gasteiger partial charge in [-0.05, 0) is 38.1 Å². The van der Waals surface area contributed by atoms with Crippen LogP contribution in [0.2, 0.25) is 0 Å². The van der Waals surface area contributed by atoms with E-state index in [0.717, 1.165) is 24.2 Å². The van der Waals surface area contributed by atoms with Gasteiger partial charge in [-0.15, -0.1) is 0 Å². The lowest BCUT2D eigenvalue weighted by molar-refractivity contribution is 0.235. The standard InChI is InChI=1S/C20H26N4O5/c1-28-14-6-7-17(29-2)16(12-14)24-19(26)15(18(25)22-20(24)27)13-21-8-11-23-9-4-3-5-10-23/h6-7,12-13,26H,3-5,8-11H2,1-2H3,(H,22,25,27). The van der Waals surface area contributed by atoms with Crippen molar-refractivity contribution in [3.63, 3.8) is 0 Å². The highest BCUT2D eigenvalue weighted by Crippen LogP contribution is 2.29. The summed E-state index contributed by atoms with van der Waals surface area (Å²) in [6, 6.07) is 4.81. The molecule has 0 bridgehead atoms. The van der Waals surface area contributed by atoms with E-state index in [1.807, 2.05) is 0 Å². The molecule has 1 fully saturated rings. The first-order chi connectivity index (χ1) is 14.0. The largest absolute Gasteiger partial charge is 0.497 e. The molecule has 2 aromatic rings. The SMILES string of the molecule is COc1ccc(OC)c(-n2c(O)c(C=NCCN3CCCCC3)c(=O)[nH]c2=O)c1. The van der Waals surface area contributed by atoms with Crippen LogP contribution in [0.15, 0.2) is 32.8 Å².